The first kappa shape index (κ1) is 14.9. The zero-order valence-electron chi connectivity index (χ0n) is 10.6. The SMILES string of the molecule is CNCC1CCCN(Cc2scnc2C)C1.Cl. The molecule has 1 aliphatic rings. The second-order valence-corrected chi connectivity index (χ2v) is 5.60. The Bertz CT molecular complexity index is 327. The highest BCUT2D eigenvalue weighted by atomic mass is 35.5. The third-order valence-corrected chi connectivity index (χ3v) is 4.23. The third kappa shape index (κ3) is 4.21. The molecule has 1 saturated heterocycles. The Morgan fingerprint density at radius 2 is 2.41 bits per heavy atom. The first-order valence-corrected chi connectivity index (χ1v) is 6.93. The molecule has 0 aliphatic carbocycles. The van der Waals surface area contributed by atoms with E-state index in [1.165, 1.54) is 36.5 Å². The fraction of sp³-hybridized carbons (Fsp3) is 0.750. The van der Waals surface area contributed by atoms with Crippen LogP contribution in [0.15, 0.2) is 5.51 Å². The molecule has 98 valence electrons. The first-order chi connectivity index (χ1) is 7.79. The summed E-state index contributed by atoms with van der Waals surface area (Å²) in [7, 11) is 2.05. The van der Waals surface area contributed by atoms with Gasteiger partial charge in [0.05, 0.1) is 11.2 Å². The molecule has 0 radical (unpaired) electrons. The summed E-state index contributed by atoms with van der Waals surface area (Å²) in [6.07, 6.45) is 2.71. The second kappa shape index (κ2) is 7.31. The quantitative estimate of drug-likeness (QED) is 0.914. The Balaban J connectivity index is 0.00000144. The monoisotopic (exact) mass is 275 g/mol. The highest BCUT2D eigenvalue weighted by Gasteiger charge is 2.20. The topological polar surface area (TPSA) is 28.2 Å². The maximum absolute atomic E-state index is 4.32. The molecule has 0 saturated carbocycles. The summed E-state index contributed by atoms with van der Waals surface area (Å²) in [5.41, 5.74) is 3.17. The van der Waals surface area contributed by atoms with Gasteiger partial charge < -0.3 is 5.32 Å². The lowest BCUT2D eigenvalue weighted by molar-refractivity contribution is 0.168. The Kier molecular flexibility index (Phi) is 6.41. The van der Waals surface area contributed by atoms with E-state index in [1.807, 2.05) is 12.6 Å². The van der Waals surface area contributed by atoms with Crippen LogP contribution in [-0.4, -0.2) is 36.6 Å². The van der Waals surface area contributed by atoms with Gasteiger partial charge in [-0.05, 0) is 45.8 Å². The van der Waals surface area contributed by atoms with Crippen LogP contribution in [0.25, 0.3) is 0 Å². The van der Waals surface area contributed by atoms with E-state index in [1.54, 1.807) is 11.3 Å². The van der Waals surface area contributed by atoms with E-state index in [0.717, 1.165) is 19.0 Å². The highest BCUT2D eigenvalue weighted by molar-refractivity contribution is 7.09. The van der Waals surface area contributed by atoms with Crippen molar-refractivity contribution in [1.82, 2.24) is 15.2 Å². The van der Waals surface area contributed by atoms with Crippen molar-refractivity contribution in [3.63, 3.8) is 0 Å². The van der Waals surface area contributed by atoms with Gasteiger partial charge in [0.15, 0.2) is 0 Å². The largest absolute Gasteiger partial charge is 0.319 e. The Morgan fingerprint density at radius 1 is 1.59 bits per heavy atom. The van der Waals surface area contributed by atoms with Gasteiger partial charge in [0.2, 0.25) is 0 Å². The number of nitrogens with one attached hydrogen (secondary N) is 1. The van der Waals surface area contributed by atoms with Crippen LogP contribution in [0.4, 0.5) is 0 Å². The van der Waals surface area contributed by atoms with Gasteiger partial charge in [-0.25, -0.2) is 4.98 Å². The molecular formula is C12H22ClN3S. The molecule has 1 N–H and O–H groups in total. The lowest BCUT2D eigenvalue weighted by Crippen LogP contribution is -2.38. The van der Waals surface area contributed by atoms with Crippen LogP contribution in [0.5, 0.6) is 0 Å². The molecule has 1 unspecified atom stereocenters. The van der Waals surface area contributed by atoms with E-state index in [9.17, 15) is 0 Å². The number of hydrogen-bond donors (Lipinski definition) is 1. The average Bonchev–Trinajstić information content (AvgIpc) is 2.66. The van der Waals surface area contributed by atoms with E-state index in [4.69, 9.17) is 0 Å². The summed E-state index contributed by atoms with van der Waals surface area (Å²) in [5.74, 6) is 0.826. The normalized spacial score (nSPS) is 21.2. The number of aromatic nitrogens is 1. The fourth-order valence-corrected chi connectivity index (χ4v) is 3.25. The Labute approximate surface area is 114 Å². The molecule has 0 bridgehead atoms. The lowest BCUT2D eigenvalue weighted by Gasteiger charge is -2.32. The fourth-order valence-electron chi connectivity index (χ4n) is 2.43. The van der Waals surface area contributed by atoms with Gasteiger partial charge in [0.1, 0.15) is 0 Å². The average molecular weight is 276 g/mol. The minimum Gasteiger partial charge on any atom is -0.319 e. The molecular weight excluding hydrogens is 254 g/mol. The van der Waals surface area contributed by atoms with Crippen LogP contribution in [0.1, 0.15) is 23.4 Å². The van der Waals surface area contributed by atoms with Crippen LogP contribution in [-0.2, 0) is 6.54 Å². The minimum absolute atomic E-state index is 0. The van der Waals surface area contributed by atoms with Crippen LogP contribution in [0.3, 0.4) is 0 Å². The van der Waals surface area contributed by atoms with E-state index in [0.29, 0.717) is 0 Å². The number of rotatable bonds is 4. The van der Waals surface area contributed by atoms with Crippen molar-refractivity contribution in [3.05, 3.63) is 16.1 Å². The summed E-state index contributed by atoms with van der Waals surface area (Å²) < 4.78 is 0. The summed E-state index contributed by atoms with van der Waals surface area (Å²) in [5, 5.41) is 3.29. The van der Waals surface area contributed by atoms with Gasteiger partial charge in [-0.15, -0.1) is 23.7 Å². The van der Waals surface area contributed by atoms with Crippen molar-refractivity contribution >= 4 is 23.7 Å². The van der Waals surface area contributed by atoms with Crippen LogP contribution in [0, 0.1) is 12.8 Å². The highest BCUT2D eigenvalue weighted by Crippen LogP contribution is 2.21. The minimum atomic E-state index is 0. The molecule has 0 aromatic carbocycles. The maximum Gasteiger partial charge on any atom is 0.0798 e. The number of likely N-dealkylation sites (tertiary alicyclic amines) is 1. The predicted octanol–water partition coefficient (Wildman–Crippen LogP) is 2.30. The summed E-state index contributed by atoms with van der Waals surface area (Å²) in [6.45, 7) is 6.84. The molecule has 1 aliphatic heterocycles. The molecule has 1 aromatic rings. The lowest BCUT2D eigenvalue weighted by atomic mass is 9.98. The number of piperidine rings is 1. The van der Waals surface area contributed by atoms with Crippen molar-refractivity contribution in [1.29, 1.82) is 0 Å². The molecule has 2 heterocycles. The molecule has 1 aromatic heterocycles. The van der Waals surface area contributed by atoms with Crippen LogP contribution < -0.4 is 5.32 Å². The molecule has 5 heteroatoms. The van der Waals surface area contributed by atoms with E-state index < -0.39 is 0 Å². The van der Waals surface area contributed by atoms with Gasteiger partial charge in [-0.1, -0.05) is 0 Å². The number of thiazole rings is 1. The van der Waals surface area contributed by atoms with E-state index in [2.05, 4.69) is 22.1 Å². The Hall–Kier alpha value is -0.160. The maximum atomic E-state index is 4.32. The summed E-state index contributed by atoms with van der Waals surface area (Å²) >= 11 is 1.79. The molecule has 17 heavy (non-hydrogen) atoms. The number of aryl methyl sites for hydroxylation is 1. The van der Waals surface area contributed by atoms with Gasteiger partial charge >= 0.3 is 0 Å². The van der Waals surface area contributed by atoms with Crippen LogP contribution in [0.2, 0.25) is 0 Å². The molecule has 0 amide bonds. The molecule has 0 spiro atoms. The number of hydrogen-bond acceptors (Lipinski definition) is 4. The summed E-state index contributed by atoms with van der Waals surface area (Å²) in [4.78, 5) is 8.33. The van der Waals surface area contributed by atoms with Crippen molar-refractivity contribution in [2.75, 3.05) is 26.7 Å². The van der Waals surface area contributed by atoms with Crippen molar-refractivity contribution in [3.8, 4) is 0 Å². The van der Waals surface area contributed by atoms with Gasteiger partial charge in [-0.3, -0.25) is 4.90 Å². The predicted molar refractivity (Wildman–Crippen MR) is 76.0 cm³/mol. The standard InChI is InChI=1S/C12H21N3S.ClH/c1-10-12(16-9-14-10)8-15-5-3-4-11(7-15)6-13-2;/h9,11,13H,3-8H2,1-2H3;1H. The molecule has 2 rings (SSSR count). The second-order valence-electron chi connectivity index (χ2n) is 4.66. The number of nitrogens with zero attached hydrogens (tertiary/aromatic N) is 2. The molecule has 1 fully saturated rings. The van der Waals surface area contributed by atoms with E-state index >= 15 is 0 Å². The molecule has 1 atom stereocenters. The zero-order valence-corrected chi connectivity index (χ0v) is 12.2. The van der Waals surface area contributed by atoms with Gasteiger partial charge in [-0.2, -0.15) is 0 Å². The number of halogens is 1. The van der Waals surface area contributed by atoms with Crippen molar-refractivity contribution in [2.24, 2.45) is 5.92 Å². The summed E-state index contributed by atoms with van der Waals surface area (Å²) in [6, 6.07) is 0. The smallest absolute Gasteiger partial charge is 0.0798 e. The third-order valence-electron chi connectivity index (χ3n) is 3.31. The van der Waals surface area contributed by atoms with Crippen molar-refractivity contribution < 1.29 is 0 Å². The van der Waals surface area contributed by atoms with Crippen LogP contribution >= 0.6 is 23.7 Å². The van der Waals surface area contributed by atoms with Crippen molar-refractivity contribution in [2.45, 2.75) is 26.3 Å². The molecule has 3 nitrogen and oxygen atoms in total. The first-order valence-electron chi connectivity index (χ1n) is 6.05. The Morgan fingerprint density at radius 3 is 3.06 bits per heavy atom. The van der Waals surface area contributed by atoms with Gasteiger partial charge in [0.25, 0.3) is 0 Å². The zero-order chi connectivity index (χ0) is 11.4. The van der Waals surface area contributed by atoms with E-state index in [-0.39, 0.29) is 12.4 Å². The van der Waals surface area contributed by atoms with Gasteiger partial charge in [0, 0.05) is 18.0 Å².